The maximum absolute atomic E-state index is 4.55. The van der Waals surface area contributed by atoms with Crippen LogP contribution in [0.4, 0.5) is 0 Å². The van der Waals surface area contributed by atoms with E-state index in [0.29, 0.717) is 0 Å². The average Bonchev–Trinajstić information content (AvgIpc) is 2.85. The second-order valence-electron chi connectivity index (χ2n) is 4.26. The SMILES string of the molecule is Cc1nc2ccccc2n1Cc1cnn(C)c1. The molecule has 0 spiro atoms. The van der Waals surface area contributed by atoms with Crippen molar-refractivity contribution in [3.63, 3.8) is 0 Å². The van der Waals surface area contributed by atoms with E-state index in [1.54, 1.807) is 0 Å². The first-order chi connectivity index (χ1) is 8.24. The van der Waals surface area contributed by atoms with Gasteiger partial charge >= 0.3 is 0 Å². The number of hydrogen-bond donors (Lipinski definition) is 0. The molecule has 4 nitrogen and oxygen atoms in total. The minimum absolute atomic E-state index is 0.820. The van der Waals surface area contributed by atoms with Crippen LogP contribution in [-0.4, -0.2) is 19.3 Å². The van der Waals surface area contributed by atoms with Crippen LogP contribution in [0.15, 0.2) is 36.7 Å². The molecule has 17 heavy (non-hydrogen) atoms. The van der Waals surface area contributed by atoms with Gasteiger partial charge in [0.2, 0.25) is 0 Å². The highest BCUT2D eigenvalue weighted by Crippen LogP contribution is 2.16. The molecule has 0 bridgehead atoms. The molecule has 0 aliphatic carbocycles. The van der Waals surface area contributed by atoms with Crippen LogP contribution >= 0.6 is 0 Å². The Balaban J connectivity index is 2.08. The van der Waals surface area contributed by atoms with Crippen molar-refractivity contribution in [1.29, 1.82) is 0 Å². The second kappa shape index (κ2) is 3.73. The lowest BCUT2D eigenvalue weighted by Crippen LogP contribution is -2.01. The summed E-state index contributed by atoms with van der Waals surface area (Å²) < 4.78 is 4.04. The normalized spacial score (nSPS) is 11.2. The van der Waals surface area contributed by atoms with Crippen molar-refractivity contribution in [2.75, 3.05) is 0 Å². The molecule has 0 radical (unpaired) electrons. The number of hydrogen-bond acceptors (Lipinski definition) is 2. The lowest BCUT2D eigenvalue weighted by atomic mass is 10.3. The summed E-state index contributed by atoms with van der Waals surface area (Å²) >= 11 is 0. The number of aromatic nitrogens is 4. The van der Waals surface area contributed by atoms with Gasteiger partial charge in [0.15, 0.2) is 0 Å². The van der Waals surface area contributed by atoms with Crippen molar-refractivity contribution in [3.8, 4) is 0 Å². The van der Waals surface area contributed by atoms with Crippen LogP contribution in [0.5, 0.6) is 0 Å². The Labute approximate surface area is 99.5 Å². The molecule has 86 valence electrons. The molecule has 0 amide bonds. The summed E-state index contributed by atoms with van der Waals surface area (Å²) in [6, 6.07) is 8.21. The van der Waals surface area contributed by atoms with Gasteiger partial charge in [0, 0.05) is 18.8 Å². The Bertz CT molecular complexity index is 663. The highest BCUT2D eigenvalue weighted by atomic mass is 15.2. The smallest absolute Gasteiger partial charge is 0.107 e. The summed E-state index contributed by atoms with van der Waals surface area (Å²) in [6.07, 6.45) is 3.93. The van der Waals surface area contributed by atoms with Gasteiger partial charge in [-0.2, -0.15) is 5.10 Å². The molecule has 0 saturated heterocycles. The number of aryl methyl sites for hydroxylation is 2. The number of nitrogens with zero attached hydrogens (tertiary/aromatic N) is 4. The molecule has 0 aliphatic heterocycles. The lowest BCUT2D eigenvalue weighted by molar-refractivity contribution is 0.760. The van der Waals surface area contributed by atoms with E-state index in [2.05, 4.69) is 20.7 Å². The molecule has 0 unspecified atom stereocenters. The van der Waals surface area contributed by atoms with Gasteiger partial charge in [-0.25, -0.2) is 4.98 Å². The predicted octanol–water partition coefficient (Wildman–Crippen LogP) is 2.13. The molecule has 2 aromatic heterocycles. The fourth-order valence-electron chi connectivity index (χ4n) is 2.13. The zero-order valence-electron chi connectivity index (χ0n) is 9.96. The van der Waals surface area contributed by atoms with E-state index < -0.39 is 0 Å². The van der Waals surface area contributed by atoms with E-state index in [1.165, 1.54) is 11.1 Å². The van der Waals surface area contributed by atoms with E-state index in [4.69, 9.17) is 0 Å². The van der Waals surface area contributed by atoms with E-state index in [1.807, 2.05) is 49.2 Å². The minimum Gasteiger partial charge on any atom is -0.324 e. The van der Waals surface area contributed by atoms with Crippen molar-refractivity contribution >= 4 is 11.0 Å². The van der Waals surface area contributed by atoms with Crippen molar-refractivity contribution in [1.82, 2.24) is 19.3 Å². The molecule has 0 atom stereocenters. The molecular formula is C13H14N4. The van der Waals surface area contributed by atoms with Crippen LogP contribution in [0.2, 0.25) is 0 Å². The number of benzene rings is 1. The highest BCUT2D eigenvalue weighted by molar-refractivity contribution is 5.75. The van der Waals surface area contributed by atoms with Gasteiger partial charge in [-0.1, -0.05) is 12.1 Å². The van der Waals surface area contributed by atoms with Gasteiger partial charge in [0.25, 0.3) is 0 Å². The third-order valence-electron chi connectivity index (χ3n) is 2.94. The van der Waals surface area contributed by atoms with Gasteiger partial charge < -0.3 is 4.57 Å². The Morgan fingerprint density at radius 2 is 2.06 bits per heavy atom. The maximum atomic E-state index is 4.55. The van der Waals surface area contributed by atoms with Crippen molar-refractivity contribution in [2.24, 2.45) is 7.05 Å². The molecule has 1 aromatic carbocycles. The first kappa shape index (κ1) is 10.1. The van der Waals surface area contributed by atoms with E-state index in [0.717, 1.165) is 17.9 Å². The minimum atomic E-state index is 0.820. The number of imidazole rings is 1. The molecular weight excluding hydrogens is 212 g/mol. The number of rotatable bonds is 2. The van der Waals surface area contributed by atoms with Crippen molar-refractivity contribution in [2.45, 2.75) is 13.5 Å². The van der Waals surface area contributed by atoms with Gasteiger partial charge in [0.1, 0.15) is 5.82 Å². The number of para-hydroxylation sites is 2. The summed E-state index contributed by atoms with van der Waals surface area (Å²) in [5, 5.41) is 4.19. The molecule has 0 aliphatic rings. The van der Waals surface area contributed by atoms with Crippen LogP contribution < -0.4 is 0 Å². The van der Waals surface area contributed by atoms with Gasteiger partial charge in [-0.15, -0.1) is 0 Å². The summed E-state index contributed by atoms with van der Waals surface area (Å²) in [6.45, 7) is 2.86. The Morgan fingerprint density at radius 3 is 2.82 bits per heavy atom. The van der Waals surface area contributed by atoms with Gasteiger partial charge in [0.05, 0.1) is 23.8 Å². The summed E-state index contributed by atoms with van der Waals surface area (Å²) in [5.41, 5.74) is 3.42. The molecule has 3 rings (SSSR count). The number of fused-ring (bicyclic) bond motifs is 1. The largest absolute Gasteiger partial charge is 0.324 e. The van der Waals surface area contributed by atoms with E-state index in [9.17, 15) is 0 Å². The van der Waals surface area contributed by atoms with Gasteiger partial charge in [-0.05, 0) is 19.1 Å². The molecule has 0 N–H and O–H groups in total. The molecule has 0 saturated carbocycles. The average molecular weight is 226 g/mol. The zero-order chi connectivity index (χ0) is 11.8. The van der Waals surface area contributed by atoms with Crippen molar-refractivity contribution < 1.29 is 0 Å². The quantitative estimate of drug-likeness (QED) is 0.671. The van der Waals surface area contributed by atoms with E-state index >= 15 is 0 Å². The maximum Gasteiger partial charge on any atom is 0.107 e. The van der Waals surface area contributed by atoms with E-state index in [-0.39, 0.29) is 0 Å². The monoisotopic (exact) mass is 226 g/mol. The molecule has 3 aromatic rings. The Morgan fingerprint density at radius 1 is 1.24 bits per heavy atom. The first-order valence-corrected chi connectivity index (χ1v) is 5.63. The van der Waals surface area contributed by atoms with Crippen LogP contribution in [0.1, 0.15) is 11.4 Å². The standard InChI is InChI=1S/C13H14N4/c1-10-15-12-5-3-4-6-13(12)17(10)9-11-7-14-16(2)8-11/h3-8H,9H2,1-2H3. The first-order valence-electron chi connectivity index (χ1n) is 5.63. The molecule has 2 heterocycles. The van der Waals surface area contributed by atoms with Gasteiger partial charge in [-0.3, -0.25) is 4.68 Å². The zero-order valence-corrected chi connectivity index (χ0v) is 9.96. The third-order valence-corrected chi connectivity index (χ3v) is 2.94. The Kier molecular flexibility index (Phi) is 2.21. The lowest BCUT2D eigenvalue weighted by Gasteiger charge is -2.04. The van der Waals surface area contributed by atoms with Crippen LogP contribution in [-0.2, 0) is 13.6 Å². The summed E-state index contributed by atoms with van der Waals surface area (Å²) in [7, 11) is 1.93. The predicted molar refractivity (Wildman–Crippen MR) is 66.8 cm³/mol. The van der Waals surface area contributed by atoms with Crippen LogP contribution in [0, 0.1) is 6.92 Å². The fraction of sp³-hybridized carbons (Fsp3) is 0.231. The second-order valence-corrected chi connectivity index (χ2v) is 4.26. The highest BCUT2D eigenvalue weighted by Gasteiger charge is 2.07. The Hall–Kier alpha value is -2.10. The molecule has 0 fully saturated rings. The van der Waals surface area contributed by atoms with Crippen LogP contribution in [0.25, 0.3) is 11.0 Å². The summed E-state index contributed by atoms with van der Waals surface area (Å²) in [5.74, 6) is 1.04. The van der Waals surface area contributed by atoms with Crippen LogP contribution in [0.3, 0.4) is 0 Å². The van der Waals surface area contributed by atoms with Crippen molar-refractivity contribution in [3.05, 3.63) is 48.0 Å². The topological polar surface area (TPSA) is 35.6 Å². The molecule has 4 heteroatoms. The fourth-order valence-corrected chi connectivity index (χ4v) is 2.13. The third kappa shape index (κ3) is 1.71. The summed E-state index contributed by atoms with van der Waals surface area (Å²) in [4.78, 5) is 4.55.